The molecule has 6 rings (SSSR count). The van der Waals surface area contributed by atoms with Crippen molar-refractivity contribution in [3.63, 3.8) is 0 Å². The lowest BCUT2D eigenvalue weighted by molar-refractivity contribution is -0.643. The quantitative estimate of drug-likeness (QED) is 0.116. The molecule has 0 saturated carbocycles. The van der Waals surface area contributed by atoms with Crippen LogP contribution in [0.4, 0.5) is 5.69 Å². The lowest BCUT2D eigenvalue weighted by atomic mass is 9.88. The average molecular weight is 417 g/mol. The Bertz CT molecular complexity index is 1750. The van der Waals surface area contributed by atoms with Gasteiger partial charge in [0.1, 0.15) is 7.05 Å². The Hall–Kier alpha value is -3.64. The third kappa shape index (κ3) is 2.50. The molecule has 0 radical (unpaired) electrons. The van der Waals surface area contributed by atoms with Crippen LogP contribution in [-0.4, -0.2) is 4.40 Å². The molecule has 0 unspecified atom stereocenters. The lowest BCUT2D eigenvalue weighted by Gasteiger charge is -2.18. The highest BCUT2D eigenvalue weighted by molar-refractivity contribution is 6.26. The molecule has 3 aromatic carbocycles. The molecule has 0 saturated heterocycles. The van der Waals surface area contributed by atoms with E-state index in [-0.39, 0.29) is 5.41 Å². The standard InChI is InChI=1S/C29H26N3/c1-17-7-9-21-22-13-18(16-29(2,3)4)8-10-23(22)32-24-15-20(30-5)14-19-11-12-31(6)28(26(19)24)25(17)27(21)32/h7-15H,16H2,1-4,6H3/q+1. The molecule has 0 bridgehead atoms. The van der Waals surface area contributed by atoms with Crippen LogP contribution in [0.5, 0.6) is 0 Å². The SMILES string of the molecule is [C-]#[N+]c1cc2cc[n+](C)c3c4c(C)ccc5c6cc(CC(C)(C)C)ccc6n(c(c1)c23)c54. The van der Waals surface area contributed by atoms with Crippen molar-refractivity contribution in [2.24, 2.45) is 12.5 Å². The summed E-state index contributed by atoms with van der Waals surface area (Å²) >= 11 is 0. The van der Waals surface area contributed by atoms with Gasteiger partial charge in [-0.3, -0.25) is 0 Å². The van der Waals surface area contributed by atoms with Crippen molar-refractivity contribution >= 4 is 54.7 Å². The van der Waals surface area contributed by atoms with Gasteiger partial charge in [-0.2, -0.15) is 0 Å². The van der Waals surface area contributed by atoms with Gasteiger partial charge in [0.2, 0.25) is 5.52 Å². The Morgan fingerprint density at radius 1 is 0.938 bits per heavy atom. The minimum absolute atomic E-state index is 0.238. The van der Waals surface area contributed by atoms with Crippen LogP contribution in [0.1, 0.15) is 31.9 Å². The van der Waals surface area contributed by atoms with Crippen LogP contribution < -0.4 is 4.57 Å². The van der Waals surface area contributed by atoms with Gasteiger partial charge in [-0.05, 0) is 59.5 Å². The van der Waals surface area contributed by atoms with E-state index in [0.717, 1.165) is 17.3 Å². The van der Waals surface area contributed by atoms with E-state index in [2.05, 4.69) is 97.2 Å². The van der Waals surface area contributed by atoms with Crippen LogP contribution >= 0.6 is 0 Å². The van der Waals surface area contributed by atoms with Gasteiger partial charge in [0.05, 0.1) is 33.9 Å². The van der Waals surface area contributed by atoms with Gasteiger partial charge in [0, 0.05) is 16.8 Å². The van der Waals surface area contributed by atoms with Gasteiger partial charge >= 0.3 is 0 Å². The van der Waals surface area contributed by atoms with Crippen LogP contribution in [0, 0.1) is 18.9 Å². The van der Waals surface area contributed by atoms with E-state index >= 15 is 0 Å². The Morgan fingerprint density at radius 3 is 2.50 bits per heavy atom. The topological polar surface area (TPSA) is 12.7 Å². The summed E-state index contributed by atoms with van der Waals surface area (Å²) in [7, 11) is 2.12. The molecular weight excluding hydrogens is 390 g/mol. The smallest absolute Gasteiger partial charge is 0.224 e. The first-order valence-electron chi connectivity index (χ1n) is 11.2. The number of nitrogens with zero attached hydrogens (tertiary/aromatic N) is 3. The molecular formula is C29H26N3+. The van der Waals surface area contributed by atoms with E-state index in [1.54, 1.807) is 0 Å². The Balaban J connectivity index is 1.93. The van der Waals surface area contributed by atoms with Gasteiger partial charge < -0.3 is 4.40 Å². The van der Waals surface area contributed by atoms with E-state index in [0.29, 0.717) is 5.69 Å². The second-order valence-corrected chi connectivity index (χ2v) is 10.4. The maximum absolute atomic E-state index is 7.68. The predicted octanol–water partition coefficient (Wildman–Crippen LogP) is 7.26. The number of pyridine rings is 2. The second kappa shape index (κ2) is 6.20. The molecule has 3 heteroatoms. The van der Waals surface area contributed by atoms with E-state index in [9.17, 15) is 0 Å². The molecule has 0 spiro atoms. The van der Waals surface area contributed by atoms with Gasteiger partial charge in [-0.25, -0.2) is 9.41 Å². The van der Waals surface area contributed by atoms with Crippen LogP contribution in [0.2, 0.25) is 0 Å². The lowest BCUT2D eigenvalue weighted by Crippen LogP contribution is -2.28. The summed E-state index contributed by atoms with van der Waals surface area (Å²) in [5.74, 6) is 0. The molecule has 0 N–H and O–H groups in total. The molecule has 3 aromatic heterocycles. The Kier molecular flexibility index (Phi) is 3.70. The van der Waals surface area contributed by atoms with Gasteiger partial charge in [-0.15, -0.1) is 0 Å². The van der Waals surface area contributed by atoms with E-state index in [1.165, 1.54) is 49.2 Å². The molecule has 3 heterocycles. The monoisotopic (exact) mass is 416 g/mol. The molecule has 32 heavy (non-hydrogen) atoms. The molecule has 0 aliphatic carbocycles. The summed E-state index contributed by atoms with van der Waals surface area (Å²) in [4.78, 5) is 3.79. The van der Waals surface area contributed by atoms with Gasteiger partial charge in [0.15, 0.2) is 11.9 Å². The summed E-state index contributed by atoms with van der Waals surface area (Å²) in [6.45, 7) is 16.8. The normalized spacial score (nSPS) is 12.6. The molecule has 3 nitrogen and oxygen atoms in total. The highest BCUT2D eigenvalue weighted by Gasteiger charge is 2.24. The molecule has 0 atom stereocenters. The molecule has 0 amide bonds. The summed E-state index contributed by atoms with van der Waals surface area (Å²) < 4.78 is 4.63. The minimum atomic E-state index is 0.238. The second-order valence-electron chi connectivity index (χ2n) is 10.4. The zero-order valence-corrected chi connectivity index (χ0v) is 19.2. The summed E-state index contributed by atoms with van der Waals surface area (Å²) in [6, 6.07) is 17.7. The van der Waals surface area contributed by atoms with E-state index in [4.69, 9.17) is 6.57 Å². The average Bonchev–Trinajstić information content (AvgIpc) is 3.07. The van der Waals surface area contributed by atoms with E-state index in [1.807, 2.05) is 6.07 Å². The van der Waals surface area contributed by atoms with Crippen LogP contribution in [0.25, 0.3) is 53.8 Å². The molecule has 0 aliphatic rings. The first-order chi connectivity index (χ1) is 15.3. The number of hydrogen-bond acceptors (Lipinski definition) is 0. The van der Waals surface area contributed by atoms with Crippen molar-refractivity contribution < 1.29 is 4.57 Å². The van der Waals surface area contributed by atoms with Crippen molar-refractivity contribution in [1.29, 1.82) is 0 Å². The van der Waals surface area contributed by atoms with E-state index < -0.39 is 0 Å². The fourth-order valence-corrected chi connectivity index (χ4v) is 5.54. The highest BCUT2D eigenvalue weighted by atomic mass is 15.0. The number of benzene rings is 3. The van der Waals surface area contributed by atoms with Gasteiger partial charge in [-0.1, -0.05) is 39.0 Å². The zero-order chi connectivity index (χ0) is 22.4. The molecule has 156 valence electrons. The van der Waals surface area contributed by atoms with Crippen molar-refractivity contribution in [2.75, 3.05) is 0 Å². The maximum Gasteiger partial charge on any atom is 0.224 e. The van der Waals surface area contributed by atoms with Crippen LogP contribution in [0.3, 0.4) is 0 Å². The van der Waals surface area contributed by atoms with Crippen molar-refractivity contribution in [3.05, 3.63) is 77.3 Å². The summed E-state index contributed by atoms with van der Waals surface area (Å²) in [6.07, 6.45) is 3.16. The fraction of sp³-hybridized carbons (Fsp3) is 0.241. The van der Waals surface area contributed by atoms with Crippen LogP contribution in [-0.2, 0) is 13.5 Å². The van der Waals surface area contributed by atoms with Gasteiger partial charge in [0.25, 0.3) is 0 Å². The molecule has 0 fully saturated rings. The first kappa shape index (κ1) is 19.1. The van der Waals surface area contributed by atoms with Crippen molar-refractivity contribution in [3.8, 4) is 0 Å². The molecule has 6 aromatic rings. The summed E-state index contributed by atoms with van der Waals surface area (Å²) in [5.41, 5.74) is 8.39. The third-order valence-electron chi connectivity index (χ3n) is 6.74. The number of fused-ring (bicyclic) bond motifs is 5. The Labute approximate surface area is 187 Å². The Morgan fingerprint density at radius 2 is 1.75 bits per heavy atom. The predicted molar refractivity (Wildman–Crippen MR) is 134 cm³/mol. The third-order valence-corrected chi connectivity index (χ3v) is 6.74. The van der Waals surface area contributed by atoms with Crippen molar-refractivity contribution in [1.82, 2.24) is 4.40 Å². The fourth-order valence-electron chi connectivity index (χ4n) is 5.54. The summed E-state index contributed by atoms with van der Waals surface area (Å²) in [5, 5.41) is 6.22. The maximum atomic E-state index is 7.68. The molecule has 0 aliphatic heterocycles. The van der Waals surface area contributed by atoms with Crippen molar-refractivity contribution in [2.45, 2.75) is 34.1 Å². The number of aromatic nitrogens is 2. The van der Waals surface area contributed by atoms with Crippen LogP contribution in [0.15, 0.2) is 54.7 Å². The zero-order valence-electron chi connectivity index (χ0n) is 19.2. The number of aryl methyl sites for hydroxylation is 2. The number of hydrogen-bond donors (Lipinski definition) is 0. The highest BCUT2D eigenvalue weighted by Crippen LogP contribution is 2.42. The number of rotatable bonds is 1. The first-order valence-corrected chi connectivity index (χ1v) is 11.2. The largest absolute Gasteiger partial charge is 0.309 e. The minimum Gasteiger partial charge on any atom is -0.309 e.